The zero-order valence-electron chi connectivity index (χ0n) is 18.0. The number of anilines is 1. The van der Waals surface area contributed by atoms with Crippen LogP contribution in [0.3, 0.4) is 0 Å². The van der Waals surface area contributed by atoms with Crippen LogP contribution in [-0.4, -0.2) is 45.0 Å². The molecule has 6 nitrogen and oxygen atoms in total. The minimum Gasteiger partial charge on any atom is -0.320 e. The summed E-state index contributed by atoms with van der Waals surface area (Å²) in [6.07, 6.45) is -3.17. The quantitative estimate of drug-likeness (QED) is 0.392. The molecule has 1 amide bonds. The van der Waals surface area contributed by atoms with E-state index in [0.717, 1.165) is 0 Å². The molecule has 3 heterocycles. The zero-order valence-corrected chi connectivity index (χ0v) is 18.8. The first kappa shape index (κ1) is 22.7. The number of thiazole rings is 1. The molecule has 1 aliphatic rings. The minimum atomic E-state index is -4.52. The third kappa shape index (κ3) is 4.76. The molecule has 4 aromatic rings. The monoisotopic (exact) mass is 491 g/mol. The Morgan fingerprint density at radius 2 is 1.85 bits per heavy atom. The molecule has 34 heavy (non-hydrogen) atoms. The Labute approximate surface area is 196 Å². The highest BCUT2D eigenvalue weighted by molar-refractivity contribution is 7.22. The van der Waals surface area contributed by atoms with Crippen LogP contribution in [0, 0.1) is 11.7 Å². The fraction of sp³-hybridized carbons (Fsp3) is 0.348. The fourth-order valence-electron chi connectivity index (χ4n) is 4.38. The first-order valence-corrected chi connectivity index (χ1v) is 11.7. The summed E-state index contributed by atoms with van der Waals surface area (Å²) in [4.78, 5) is 22.6. The van der Waals surface area contributed by atoms with Gasteiger partial charge in [-0.2, -0.15) is 13.2 Å². The molecule has 0 bridgehead atoms. The number of hydrogen-bond acceptors (Lipinski definition) is 5. The van der Waals surface area contributed by atoms with Crippen LogP contribution in [0.15, 0.2) is 42.5 Å². The van der Waals surface area contributed by atoms with Crippen molar-refractivity contribution in [2.45, 2.75) is 25.6 Å². The summed E-state index contributed by atoms with van der Waals surface area (Å²) in [6.45, 7) is 1.62. The summed E-state index contributed by atoms with van der Waals surface area (Å²) >= 11 is 1.21. The van der Waals surface area contributed by atoms with E-state index in [-0.39, 0.29) is 30.7 Å². The maximum absolute atomic E-state index is 13.6. The summed E-state index contributed by atoms with van der Waals surface area (Å²) in [5.41, 5.74) is 1.43. The number of alkyl halides is 3. The third-order valence-corrected chi connectivity index (χ3v) is 6.95. The molecule has 5 rings (SSSR count). The summed E-state index contributed by atoms with van der Waals surface area (Å²) in [7, 11) is 0. The maximum Gasteiger partial charge on any atom is 0.449 e. The topological polar surface area (TPSA) is 63.1 Å². The number of imidazole rings is 1. The van der Waals surface area contributed by atoms with Gasteiger partial charge in [-0.3, -0.25) is 9.69 Å². The Bertz CT molecular complexity index is 1340. The molecule has 0 unspecified atom stereocenters. The molecule has 2 aromatic carbocycles. The van der Waals surface area contributed by atoms with Crippen molar-refractivity contribution in [1.29, 1.82) is 0 Å². The van der Waals surface area contributed by atoms with Crippen LogP contribution in [0.2, 0.25) is 0 Å². The molecule has 11 heteroatoms. The van der Waals surface area contributed by atoms with Gasteiger partial charge in [-0.25, -0.2) is 14.4 Å². The number of likely N-dealkylation sites (tertiary alicyclic amines) is 1. The number of para-hydroxylation sites is 2. The maximum atomic E-state index is 13.6. The number of piperidine rings is 1. The van der Waals surface area contributed by atoms with Crippen molar-refractivity contribution < 1.29 is 22.4 Å². The summed E-state index contributed by atoms with van der Waals surface area (Å²) in [6, 6.07) is 10.9. The molecular weight excluding hydrogens is 470 g/mol. The van der Waals surface area contributed by atoms with E-state index in [1.54, 1.807) is 30.3 Å². The second kappa shape index (κ2) is 8.95. The van der Waals surface area contributed by atoms with Crippen LogP contribution in [-0.2, 0) is 17.5 Å². The number of carbonyl (C=O) groups excluding carboxylic acids is 1. The van der Waals surface area contributed by atoms with Crippen LogP contribution >= 0.6 is 11.3 Å². The molecule has 1 fully saturated rings. The molecular formula is C23H21F4N5OS. The van der Waals surface area contributed by atoms with Gasteiger partial charge in [0, 0.05) is 6.54 Å². The van der Waals surface area contributed by atoms with Crippen molar-refractivity contribution in [3.8, 4) is 0 Å². The predicted molar refractivity (Wildman–Crippen MR) is 122 cm³/mol. The van der Waals surface area contributed by atoms with Crippen molar-refractivity contribution in [2.75, 3.05) is 25.0 Å². The van der Waals surface area contributed by atoms with Gasteiger partial charge in [-0.15, -0.1) is 0 Å². The lowest BCUT2D eigenvalue weighted by Gasteiger charge is -2.32. The van der Waals surface area contributed by atoms with E-state index < -0.39 is 12.0 Å². The van der Waals surface area contributed by atoms with E-state index in [1.807, 2.05) is 4.90 Å². The summed E-state index contributed by atoms with van der Waals surface area (Å²) < 4.78 is 55.9. The van der Waals surface area contributed by atoms with Crippen LogP contribution in [0.4, 0.5) is 22.7 Å². The second-order valence-electron chi connectivity index (χ2n) is 8.43. The van der Waals surface area contributed by atoms with Crippen LogP contribution in [0.25, 0.3) is 21.3 Å². The van der Waals surface area contributed by atoms with E-state index in [9.17, 15) is 22.4 Å². The molecule has 0 radical (unpaired) electrons. The number of nitrogens with zero attached hydrogens (tertiary/aromatic N) is 4. The number of carbonyl (C=O) groups is 1. The largest absolute Gasteiger partial charge is 0.449 e. The van der Waals surface area contributed by atoms with E-state index in [0.29, 0.717) is 52.3 Å². The highest BCUT2D eigenvalue weighted by atomic mass is 32.1. The highest BCUT2D eigenvalue weighted by Crippen LogP contribution is 2.33. The molecule has 1 saturated heterocycles. The molecule has 2 aromatic heterocycles. The lowest BCUT2D eigenvalue weighted by molar-refractivity contribution is -0.147. The number of benzene rings is 2. The number of halogens is 4. The lowest BCUT2D eigenvalue weighted by atomic mass is 9.96. The number of fused-ring (bicyclic) bond motifs is 2. The van der Waals surface area contributed by atoms with E-state index in [4.69, 9.17) is 0 Å². The standard InChI is InChI=1S/C23H21F4N5OS/c24-15-5-6-17-19(11-15)34-22(29-17)30-20(33)13-31-9-7-14(8-10-31)12-32-18-4-2-1-3-16(18)28-21(32)23(25,26)27/h1-6,11,14H,7-10,12-13H2,(H,29,30,33). The number of rotatable bonds is 5. The van der Waals surface area contributed by atoms with Crippen LogP contribution in [0.5, 0.6) is 0 Å². The number of aromatic nitrogens is 3. The van der Waals surface area contributed by atoms with Gasteiger partial charge in [-0.1, -0.05) is 23.5 Å². The summed E-state index contributed by atoms with van der Waals surface area (Å²) in [5.74, 6) is -1.40. The van der Waals surface area contributed by atoms with E-state index >= 15 is 0 Å². The van der Waals surface area contributed by atoms with E-state index in [1.165, 1.54) is 28.0 Å². The van der Waals surface area contributed by atoms with Gasteiger partial charge in [0.15, 0.2) is 5.13 Å². The Hall–Kier alpha value is -3.05. The molecule has 178 valence electrons. The van der Waals surface area contributed by atoms with Crippen molar-refractivity contribution >= 4 is 43.6 Å². The summed E-state index contributed by atoms with van der Waals surface area (Å²) in [5, 5.41) is 3.17. The van der Waals surface area contributed by atoms with Gasteiger partial charge in [0.05, 0.1) is 27.8 Å². The van der Waals surface area contributed by atoms with Crippen molar-refractivity contribution in [2.24, 2.45) is 5.92 Å². The van der Waals surface area contributed by atoms with Gasteiger partial charge in [-0.05, 0) is 62.2 Å². The molecule has 0 aliphatic carbocycles. The minimum absolute atomic E-state index is 0.0529. The smallest absolute Gasteiger partial charge is 0.320 e. The fourth-order valence-corrected chi connectivity index (χ4v) is 5.28. The second-order valence-corrected chi connectivity index (χ2v) is 9.46. The van der Waals surface area contributed by atoms with Gasteiger partial charge in [0.2, 0.25) is 11.7 Å². The van der Waals surface area contributed by atoms with Crippen molar-refractivity contribution in [3.05, 3.63) is 54.1 Å². The molecule has 1 aliphatic heterocycles. The molecule has 0 atom stereocenters. The Kier molecular flexibility index (Phi) is 5.98. The first-order chi connectivity index (χ1) is 16.3. The number of nitrogens with one attached hydrogen (secondary N) is 1. The van der Waals surface area contributed by atoms with E-state index in [2.05, 4.69) is 15.3 Å². The number of amides is 1. The van der Waals surface area contributed by atoms with Gasteiger partial charge in [0.25, 0.3) is 0 Å². The predicted octanol–water partition coefficient (Wildman–Crippen LogP) is 5.15. The SMILES string of the molecule is O=C(CN1CCC(Cn2c(C(F)(F)F)nc3ccccc32)CC1)Nc1nc2ccc(F)cc2s1. The average Bonchev–Trinajstić information content (AvgIpc) is 3.35. The molecule has 1 N–H and O–H groups in total. The van der Waals surface area contributed by atoms with Crippen LogP contribution in [0.1, 0.15) is 18.7 Å². The molecule has 0 saturated carbocycles. The normalized spacial score (nSPS) is 15.9. The number of hydrogen-bond donors (Lipinski definition) is 1. The van der Waals surface area contributed by atoms with Crippen molar-refractivity contribution in [1.82, 2.24) is 19.4 Å². The van der Waals surface area contributed by atoms with Gasteiger partial charge >= 0.3 is 6.18 Å². The van der Waals surface area contributed by atoms with Gasteiger partial charge in [0.1, 0.15) is 5.82 Å². The molecule has 0 spiro atoms. The Morgan fingerprint density at radius 1 is 1.09 bits per heavy atom. The van der Waals surface area contributed by atoms with Gasteiger partial charge < -0.3 is 9.88 Å². The Balaban J connectivity index is 1.19. The van der Waals surface area contributed by atoms with Crippen LogP contribution < -0.4 is 5.32 Å². The zero-order chi connectivity index (χ0) is 23.9. The first-order valence-electron chi connectivity index (χ1n) is 10.9. The Morgan fingerprint density at radius 3 is 2.62 bits per heavy atom. The van der Waals surface area contributed by atoms with Crippen molar-refractivity contribution in [3.63, 3.8) is 0 Å². The third-order valence-electron chi connectivity index (χ3n) is 6.02. The highest BCUT2D eigenvalue weighted by Gasteiger charge is 2.38. The average molecular weight is 492 g/mol. The lowest BCUT2D eigenvalue weighted by Crippen LogP contribution is -2.40.